The standard InChI is InChI=1S/C36H22N6O.Pt/c1-21-4-3-5-22(2)33(21)31-11-10-27-25-8-6-23(18-28(25)35-39-15-17-42(35)36(27)40-31)43-24-7-9-26-29(19-24)34-38-14-16-41(34)32-12-13-37-20-30(26)32;/h3-17,20H,1-2H3;/q-2;+2. The third kappa shape index (κ3) is 3.86. The van der Waals surface area contributed by atoms with Gasteiger partial charge in [-0.15, -0.1) is 12.1 Å². The summed E-state index contributed by atoms with van der Waals surface area (Å²) in [6.07, 6.45) is 11.2. The van der Waals surface area contributed by atoms with Crippen LogP contribution in [0.2, 0.25) is 0 Å². The van der Waals surface area contributed by atoms with Crippen molar-refractivity contribution in [2.24, 2.45) is 0 Å². The van der Waals surface area contributed by atoms with Crippen molar-refractivity contribution in [2.75, 3.05) is 0 Å². The van der Waals surface area contributed by atoms with Crippen molar-refractivity contribution in [2.45, 2.75) is 13.8 Å². The van der Waals surface area contributed by atoms with Crippen LogP contribution in [0.25, 0.3) is 66.0 Å². The van der Waals surface area contributed by atoms with E-state index in [-0.39, 0.29) is 21.1 Å². The molecule has 44 heavy (non-hydrogen) atoms. The first-order chi connectivity index (χ1) is 21.1. The van der Waals surface area contributed by atoms with Crippen molar-refractivity contribution in [1.29, 1.82) is 0 Å². The van der Waals surface area contributed by atoms with E-state index in [1.54, 1.807) is 18.6 Å². The van der Waals surface area contributed by atoms with Gasteiger partial charge in [0, 0.05) is 59.8 Å². The maximum atomic E-state index is 6.36. The van der Waals surface area contributed by atoms with Gasteiger partial charge >= 0.3 is 21.1 Å². The van der Waals surface area contributed by atoms with E-state index in [1.165, 1.54) is 11.1 Å². The molecule has 0 N–H and O–H groups in total. The molecule has 9 rings (SSSR count). The zero-order valence-electron chi connectivity index (χ0n) is 23.6. The van der Waals surface area contributed by atoms with Crippen LogP contribution in [0.5, 0.6) is 11.5 Å². The number of imidazole rings is 2. The van der Waals surface area contributed by atoms with Gasteiger partial charge in [-0.25, -0.2) is 4.98 Å². The molecule has 0 amide bonds. The molecular formula is C36H22N6OPt. The van der Waals surface area contributed by atoms with E-state index in [0.717, 1.165) is 66.0 Å². The van der Waals surface area contributed by atoms with Gasteiger partial charge < -0.3 is 13.5 Å². The average molecular weight is 750 g/mol. The first kappa shape index (κ1) is 26.5. The van der Waals surface area contributed by atoms with E-state index < -0.39 is 0 Å². The molecule has 0 aliphatic carbocycles. The van der Waals surface area contributed by atoms with Gasteiger partial charge in [0.25, 0.3) is 0 Å². The molecule has 0 bridgehead atoms. The van der Waals surface area contributed by atoms with E-state index in [4.69, 9.17) is 14.7 Å². The van der Waals surface area contributed by atoms with Crippen molar-refractivity contribution in [3.63, 3.8) is 0 Å². The Balaban J connectivity index is 0.00000289. The van der Waals surface area contributed by atoms with Crippen LogP contribution in [0, 0.1) is 26.0 Å². The molecule has 0 unspecified atom stereocenters. The number of aromatic nitrogens is 6. The number of rotatable bonds is 3. The number of ether oxygens (including phenoxy) is 1. The van der Waals surface area contributed by atoms with Gasteiger partial charge in [-0.05, 0) is 47.9 Å². The molecule has 212 valence electrons. The fourth-order valence-electron chi connectivity index (χ4n) is 6.34. The zero-order valence-corrected chi connectivity index (χ0v) is 25.9. The Hall–Kier alpha value is -5.13. The van der Waals surface area contributed by atoms with Gasteiger partial charge in [-0.1, -0.05) is 70.1 Å². The number of hydrogen-bond acceptors (Lipinski definition) is 5. The van der Waals surface area contributed by atoms with Crippen LogP contribution < -0.4 is 4.74 Å². The molecule has 0 atom stereocenters. The second kappa shape index (κ2) is 9.97. The van der Waals surface area contributed by atoms with Gasteiger partial charge in [-0.2, -0.15) is 0 Å². The van der Waals surface area contributed by atoms with Crippen molar-refractivity contribution in [1.82, 2.24) is 28.7 Å². The molecule has 3 aromatic carbocycles. The predicted molar refractivity (Wildman–Crippen MR) is 169 cm³/mol. The van der Waals surface area contributed by atoms with E-state index in [1.807, 2.05) is 47.3 Å². The Morgan fingerprint density at radius 3 is 2.00 bits per heavy atom. The van der Waals surface area contributed by atoms with Crippen LogP contribution in [0.1, 0.15) is 11.1 Å². The SMILES string of the molecule is Cc1cccc(C)c1-c1ccc2c3ccc(Oc4[c-]c5c(cc4)c4cnccc4n4ccnc54)[c-]c3c3nccn3c2n1.[Pt+2]. The van der Waals surface area contributed by atoms with E-state index >= 15 is 0 Å². The molecule has 0 fully saturated rings. The van der Waals surface area contributed by atoms with Crippen LogP contribution in [-0.4, -0.2) is 28.7 Å². The summed E-state index contributed by atoms with van der Waals surface area (Å²) in [4.78, 5) is 18.8. The second-order valence-corrected chi connectivity index (χ2v) is 10.8. The number of benzene rings is 3. The molecule has 0 saturated heterocycles. The minimum absolute atomic E-state index is 0. The Bertz CT molecular complexity index is 2570. The molecule has 0 radical (unpaired) electrons. The van der Waals surface area contributed by atoms with Gasteiger partial charge in [0.15, 0.2) is 0 Å². The van der Waals surface area contributed by atoms with Crippen LogP contribution in [-0.2, 0) is 21.1 Å². The van der Waals surface area contributed by atoms with E-state index in [0.29, 0.717) is 11.5 Å². The molecule has 0 aliphatic heterocycles. The first-order valence-corrected chi connectivity index (χ1v) is 14.0. The minimum atomic E-state index is 0. The third-order valence-corrected chi connectivity index (χ3v) is 8.26. The number of aryl methyl sites for hydroxylation is 2. The van der Waals surface area contributed by atoms with Crippen molar-refractivity contribution < 1.29 is 25.8 Å². The average Bonchev–Trinajstić information content (AvgIpc) is 3.73. The fourth-order valence-corrected chi connectivity index (χ4v) is 6.34. The molecule has 7 nitrogen and oxygen atoms in total. The van der Waals surface area contributed by atoms with Crippen molar-refractivity contribution >= 4 is 54.8 Å². The summed E-state index contributed by atoms with van der Waals surface area (Å²) in [7, 11) is 0. The maximum absolute atomic E-state index is 6.36. The summed E-state index contributed by atoms with van der Waals surface area (Å²) in [6, 6.07) is 27.5. The molecule has 8 heteroatoms. The molecule has 6 aromatic heterocycles. The quantitative estimate of drug-likeness (QED) is 0.135. The van der Waals surface area contributed by atoms with E-state index in [9.17, 15) is 0 Å². The molecule has 0 spiro atoms. The Morgan fingerprint density at radius 1 is 0.636 bits per heavy atom. The minimum Gasteiger partial charge on any atom is -0.497 e. The summed E-state index contributed by atoms with van der Waals surface area (Å²) in [5.74, 6) is 1.16. The van der Waals surface area contributed by atoms with Gasteiger partial charge in [-0.3, -0.25) is 15.0 Å². The van der Waals surface area contributed by atoms with Gasteiger partial charge in [0.05, 0.1) is 17.0 Å². The van der Waals surface area contributed by atoms with Crippen LogP contribution >= 0.6 is 0 Å². The fraction of sp³-hybridized carbons (Fsp3) is 0.0556. The van der Waals surface area contributed by atoms with Gasteiger partial charge in [0.1, 0.15) is 5.65 Å². The molecular weight excluding hydrogens is 728 g/mol. The zero-order chi connectivity index (χ0) is 28.7. The number of nitrogens with zero attached hydrogens (tertiary/aromatic N) is 6. The monoisotopic (exact) mass is 749 g/mol. The predicted octanol–water partition coefficient (Wildman–Crippen LogP) is 8.06. The number of fused-ring (bicyclic) bond motifs is 12. The van der Waals surface area contributed by atoms with Crippen molar-refractivity contribution in [3.8, 4) is 22.8 Å². The second-order valence-electron chi connectivity index (χ2n) is 10.8. The number of hydrogen-bond donors (Lipinski definition) is 0. The largest absolute Gasteiger partial charge is 2.00 e. The smallest absolute Gasteiger partial charge is 0.497 e. The van der Waals surface area contributed by atoms with Crippen molar-refractivity contribution in [3.05, 3.63) is 121 Å². The van der Waals surface area contributed by atoms with Crippen LogP contribution in [0.4, 0.5) is 0 Å². The topological polar surface area (TPSA) is 69.6 Å². The first-order valence-electron chi connectivity index (χ1n) is 14.0. The molecule has 0 saturated carbocycles. The van der Waals surface area contributed by atoms with Gasteiger partial charge in [0.2, 0.25) is 0 Å². The Morgan fingerprint density at radius 2 is 1.27 bits per heavy atom. The third-order valence-electron chi connectivity index (χ3n) is 8.26. The summed E-state index contributed by atoms with van der Waals surface area (Å²) in [5.41, 5.74) is 8.02. The molecule has 0 aliphatic rings. The van der Waals surface area contributed by atoms with E-state index in [2.05, 4.69) is 76.7 Å². The van der Waals surface area contributed by atoms with Crippen LogP contribution in [0.15, 0.2) is 97.8 Å². The summed E-state index contributed by atoms with van der Waals surface area (Å²) >= 11 is 0. The Labute approximate surface area is 266 Å². The molecule has 9 aromatic rings. The van der Waals surface area contributed by atoms with Crippen LogP contribution in [0.3, 0.4) is 0 Å². The Kier molecular flexibility index (Phi) is 6.00. The normalized spacial score (nSPS) is 11.7. The molecule has 6 heterocycles. The number of pyridine rings is 4. The maximum Gasteiger partial charge on any atom is 2.00 e. The summed E-state index contributed by atoms with van der Waals surface area (Å²) in [6.45, 7) is 4.25. The summed E-state index contributed by atoms with van der Waals surface area (Å²) < 4.78 is 10.4. The summed E-state index contributed by atoms with van der Waals surface area (Å²) in [5, 5.41) is 5.84.